The third kappa shape index (κ3) is 2.73. The molecule has 92 valence electrons. The van der Waals surface area contributed by atoms with Gasteiger partial charge in [-0.15, -0.1) is 0 Å². The number of amides is 1. The lowest BCUT2D eigenvalue weighted by Gasteiger charge is -1.97. The number of aromatic nitrogens is 1. The summed E-state index contributed by atoms with van der Waals surface area (Å²) in [7, 11) is 0. The van der Waals surface area contributed by atoms with Gasteiger partial charge in [0.25, 0.3) is 5.91 Å². The van der Waals surface area contributed by atoms with Crippen molar-refractivity contribution in [3.8, 4) is 5.75 Å². The Balaban J connectivity index is 2.00. The maximum Gasteiger partial charge on any atom is 0.293 e. The van der Waals surface area contributed by atoms with Gasteiger partial charge in [-0.2, -0.15) is 5.10 Å². The molecule has 0 saturated heterocycles. The second kappa shape index (κ2) is 5.13. The Bertz CT molecular complexity index is 590. The van der Waals surface area contributed by atoms with E-state index in [1.807, 2.05) is 0 Å². The first-order valence-corrected chi connectivity index (χ1v) is 5.21. The lowest BCUT2D eigenvalue weighted by atomic mass is 10.2. The van der Waals surface area contributed by atoms with Gasteiger partial charge in [0.1, 0.15) is 11.5 Å². The van der Waals surface area contributed by atoms with E-state index in [2.05, 4.69) is 15.7 Å². The molecule has 0 atom stereocenters. The number of hydrogen-bond donors (Lipinski definition) is 2. The molecule has 0 fully saturated rings. The van der Waals surface area contributed by atoms with E-state index in [1.54, 1.807) is 25.1 Å². The highest BCUT2D eigenvalue weighted by Crippen LogP contribution is 2.12. The number of carbonyl (C=O) groups excluding carboxylic acids is 1. The van der Waals surface area contributed by atoms with Crippen LogP contribution in [0.5, 0.6) is 5.75 Å². The molecule has 0 unspecified atom stereocenters. The summed E-state index contributed by atoms with van der Waals surface area (Å²) in [5, 5.41) is 16.7. The van der Waals surface area contributed by atoms with Crippen LogP contribution in [-0.2, 0) is 0 Å². The number of hydrogen-bond acceptors (Lipinski definition) is 5. The molecule has 6 nitrogen and oxygen atoms in total. The van der Waals surface area contributed by atoms with Crippen LogP contribution in [0.15, 0.2) is 40.0 Å². The zero-order valence-electron chi connectivity index (χ0n) is 9.62. The van der Waals surface area contributed by atoms with Crippen LogP contribution in [0.1, 0.15) is 21.8 Å². The number of nitrogens with one attached hydrogen (secondary N) is 1. The second-order valence-corrected chi connectivity index (χ2v) is 3.58. The van der Waals surface area contributed by atoms with Gasteiger partial charge in [-0.1, -0.05) is 17.3 Å². The van der Waals surface area contributed by atoms with E-state index >= 15 is 0 Å². The molecule has 1 amide bonds. The summed E-state index contributed by atoms with van der Waals surface area (Å²) in [6.07, 6.45) is 1.35. The predicted octanol–water partition coefficient (Wildman–Crippen LogP) is 1.45. The maximum absolute atomic E-state index is 11.5. The van der Waals surface area contributed by atoms with Crippen molar-refractivity contribution in [1.29, 1.82) is 0 Å². The van der Waals surface area contributed by atoms with Crippen LogP contribution in [0.2, 0.25) is 0 Å². The summed E-state index contributed by atoms with van der Waals surface area (Å²) < 4.78 is 4.77. The third-order valence-electron chi connectivity index (χ3n) is 2.17. The molecule has 1 aromatic heterocycles. The first-order valence-electron chi connectivity index (χ1n) is 5.21. The standard InChI is InChI=1S/C12H11N3O3/c1-8-6-10(15-18-8)12(17)14-13-7-9-4-2-3-5-11(9)16/h2-7,16H,1H3,(H,14,17)/b13-7+. The minimum atomic E-state index is -0.474. The molecule has 2 rings (SSSR count). The molecule has 0 spiro atoms. The van der Waals surface area contributed by atoms with Crippen LogP contribution in [0.4, 0.5) is 0 Å². The van der Waals surface area contributed by atoms with Gasteiger partial charge in [-0.3, -0.25) is 4.79 Å². The summed E-state index contributed by atoms with van der Waals surface area (Å²) in [4.78, 5) is 11.5. The fraction of sp³-hybridized carbons (Fsp3) is 0.0833. The molecule has 2 N–H and O–H groups in total. The van der Waals surface area contributed by atoms with E-state index in [0.29, 0.717) is 11.3 Å². The molecule has 1 heterocycles. The first-order chi connectivity index (χ1) is 8.66. The van der Waals surface area contributed by atoms with Crippen LogP contribution in [0.25, 0.3) is 0 Å². The molecule has 0 aliphatic rings. The summed E-state index contributed by atoms with van der Waals surface area (Å²) in [5.41, 5.74) is 2.95. The highest BCUT2D eigenvalue weighted by Gasteiger charge is 2.09. The SMILES string of the molecule is Cc1cc(C(=O)N/N=C/c2ccccc2O)no1. The minimum Gasteiger partial charge on any atom is -0.507 e. The highest BCUT2D eigenvalue weighted by molar-refractivity contribution is 5.93. The monoisotopic (exact) mass is 245 g/mol. The van der Waals surface area contributed by atoms with Crippen molar-refractivity contribution in [3.63, 3.8) is 0 Å². The Morgan fingerprint density at radius 1 is 1.50 bits per heavy atom. The van der Waals surface area contributed by atoms with Gasteiger partial charge in [-0.05, 0) is 19.1 Å². The second-order valence-electron chi connectivity index (χ2n) is 3.58. The Kier molecular flexibility index (Phi) is 3.38. The summed E-state index contributed by atoms with van der Waals surface area (Å²) in [5.74, 6) is 0.163. The average molecular weight is 245 g/mol. The van der Waals surface area contributed by atoms with Crippen LogP contribution >= 0.6 is 0 Å². The van der Waals surface area contributed by atoms with Crippen molar-refractivity contribution in [2.75, 3.05) is 0 Å². The molecule has 0 aliphatic heterocycles. The van der Waals surface area contributed by atoms with E-state index in [0.717, 1.165) is 0 Å². The van der Waals surface area contributed by atoms with E-state index in [9.17, 15) is 9.90 Å². The molecule has 6 heteroatoms. The number of carbonyl (C=O) groups is 1. The number of nitrogens with zero attached hydrogens (tertiary/aromatic N) is 2. The van der Waals surface area contributed by atoms with Crippen molar-refractivity contribution >= 4 is 12.1 Å². The Labute approximate surface area is 103 Å². The van der Waals surface area contributed by atoms with Crippen LogP contribution in [0, 0.1) is 6.92 Å². The minimum absolute atomic E-state index is 0.0905. The molecule has 0 aliphatic carbocycles. The van der Waals surface area contributed by atoms with Crippen LogP contribution in [0.3, 0.4) is 0 Å². The fourth-order valence-corrected chi connectivity index (χ4v) is 1.29. The molecule has 0 saturated carbocycles. The smallest absolute Gasteiger partial charge is 0.293 e. The molecular weight excluding hydrogens is 234 g/mol. The fourth-order valence-electron chi connectivity index (χ4n) is 1.29. The van der Waals surface area contributed by atoms with Crippen molar-refractivity contribution in [2.24, 2.45) is 5.10 Å². The number of aromatic hydroxyl groups is 1. The van der Waals surface area contributed by atoms with E-state index in [4.69, 9.17) is 4.52 Å². The summed E-state index contributed by atoms with van der Waals surface area (Å²) in [6, 6.07) is 8.16. The Hall–Kier alpha value is -2.63. The molecule has 18 heavy (non-hydrogen) atoms. The molecule has 0 radical (unpaired) electrons. The van der Waals surface area contributed by atoms with Gasteiger partial charge in [0.2, 0.25) is 0 Å². The highest BCUT2D eigenvalue weighted by atomic mass is 16.5. The van der Waals surface area contributed by atoms with Gasteiger partial charge in [0.15, 0.2) is 5.69 Å². The van der Waals surface area contributed by atoms with Crippen LogP contribution < -0.4 is 5.43 Å². The van der Waals surface area contributed by atoms with Crippen molar-refractivity contribution < 1.29 is 14.4 Å². The van der Waals surface area contributed by atoms with Crippen LogP contribution in [-0.4, -0.2) is 22.4 Å². The summed E-state index contributed by atoms with van der Waals surface area (Å²) >= 11 is 0. The Morgan fingerprint density at radius 3 is 2.94 bits per heavy atom. The average Bonchev–Trinajstić information content (AvgIpc) is 2.78. The van der Waals surface area contributed by atoms with Crippen molar-refractivity contribution in [1.82, 2.24) is 10.6 Å². The van der Waals surface area contributed by atoms with Gasteiger partial charge in [0, 0.05) is 11.6 Å². The number of rotatable bonds is 3. The zero-order chi connectivity index (χ0) is 13.0. The number of para-hydroxylation sites is 1. The predicted molar refractivity (Wildman–Crippen MR) is 64.4 cm³/mol. The lowest BCUT2D eigenvalue weighted by Crippen LogP contribution is -2.17. The van der Waals surface area contributed by atoms with Gasteiger partial charge < -0.3 is 9.63 Å². The van der Waals surface area contributed by atoms with Gasteiger partial charge in [-0.25, -0.2) is 5.43 Å². The number of phenols is 1. The molecule has 0 bridgehead atoms. The topological polar surface area (TPSA) is 87.7 Å². The van der Waals surface area contributed by atoms with E-state index in [-0.39, 0.29) is 11.4 Å². The number of hydrazone groups is 1. The van der Waals surface area contributed by atoms with Crippen molar-refractivity contribution in [3.05, 3.63) is 47.3 Å². The zero-order valence-corrected chi connectivity index (χ0v) is 9.62. The van der Waals surface area contributed by atoms with Gasteiger partial charge >= 0.3 is 0 Å². The molecular formula is C12H11N3O3. The summed E-state index contributed by atoms with van der Waals surface area (Å²) in [6.45, 7) is 1.69. The maximum atomic E-state index is 11.5. The number of aryl methyl sites for hydroxylation is 1. The first kappa shape index (κ1) is 11.8. The molecule has 1 aromatic carbocycles. The number of phenolic OH excluding ortho intramolecular Hbond substituents is 1. The van der Waals surface area contributed by atoms with E-state index < -0.39 is 5.91 Å². The third-order valence-corrected chi connectivity index (χ3v) is 2.17. The number of benzene rings is 1. The normalized spacial score (nSPS) is 10.7. The lowest BCUT2D eigenvalue weighted by molar-refractivity contribution is 0.0946. The quantitative estimate of drug-likeness (QED) is 0.632. The Morgan fingerprint density at radius 2 is 2.28 bits per heavy atom. The molecule has 2 aromatic rings. The van der Waals surface area contributed by atoms with E-state index in [1.165, 1.54) is 18.3 Å². The van der Waals surface area contributed by atoms with Gasteiger partial charge in [0.05, 0.1) is 6.21 Å². The largest absolute Gasteiger partial charge is 0.507 e. The van der Waals surface area contributed by atoms with Crippen molar-refractivity contribution in [2.45, 2.75) is 6.92 Å².